The third-order valence-electron chi connectivity index (χ3n) is 3.77. The molecule has 1 N–H and O–H groups in total. The molecule has 2 heterocycles. The zero-order valence-electron chi connectivity index (χ0n) is 12.9. The van der Waals surface area contributed by atoms with E-state index < -0.39 is 23.1 Å². The van der Waals surface area contributed by atoms with Gasteiger partial charge in [0.05, 0.1) is 23.6 Å². The molecule has 25 heavy (non-hydrogen) atoms. The van der Waals surface area contributed by atoms with Crippen molar-refractivity contribution in [2.75, 3.05) is 0 Å². The monoisotopic (exact) mass is 372 g/mol. The van der Waals surface area contributed by atoms with Crippen LogP contribution in [0.4, 0.5) is 17.6 Å². The number of thiazole rings is 1. The van der Waals surface area contributed by atoms with Crippen molar-refractivity contribution < 1.29 is 22.7 Å². The summed E-state index contributed by atoms with van der Waals surface area (Å²) in [5.41, 5.74) is -1.44. The molecule has 3 rings (SSSR count). The third kappa shape index (κ3) is 3.16. The summed E-state index contributed by atoms with van der Waals surface area (Å²) in [4.78, 5) is 17.5. The maximum absolute atomic E-state index is 14.1. The van der Waals surface area contributed by atoms with Gasteiger partial charge in [0.15, 0.2) is 4.96 Å². The van der Waals surface area contributed by atoms with E-state index in [4.69, 9.17) is 0 Å². The van der Waals surface area contributed by atoms with E-state index in [-0.39, 0.29) is 24.3 Å². The molecule has 0 aliphatic heterocycles. The molecule has 0 saturated carbocycles. The summed E-state index contributed by atoms with van der Waals surface area (Å²) in [6, 6.07) is 4.15. The number of fused-ring (bicyclic) bond motifs is 1. The van der Waals surface area contributed by atoms with E-state index >= 15 is 0 Å². The Labute approximate surface area is 143 Å². The first-order valence-corrected chi connectivity index (χ1v) is 8.00. The van der Waals surface area contributed by atoms with Crippen molar-refractivity contribution in [1.82, 2.24) is 9.38 Å². The minimum atomic E-state index is -4.79. The molecule has 0 fully saturated rings. The fourth-order valence-corrected chi connectivity index (χ4v) is 3.58. The number of rotatable bonds is 3. The van der Waals surface area contributed by atoms with Gasteiger partial charge in [-0.15, -0.1) is 11.3 Å². The van der Waals surface area contributed by atoms with E-state index in [1.54, 1.807) is 6.92 Å². The van der Waals surface area contributed by atoms with Gasteiger partial charge >= 0.3 is 6.18 Å². The fourth-order valence-electron chi connectivity index (χ4n) is 2.58. The molecule has 9 heteroatoms. The van der Waals surface area contributed by atoms with E-state index in [0.717, 1.165) is 12.1 Å². The lowest BCUT2D eigenvalue weighted by Gasteiger charge is -2.11. The standard InChI is InChI=1S/C16H12F4N2O2S/c1-8-12(7-23)22-13(24)6-10(21-15(22)25-8)5-9-3-2-4-11(14(9)17)16(18,19)20/h2-4,6,23H,5,7H2,1H3. The minimum Gasteiger partial charge on any atom is -0.390 e. The lowest BCUT2D eigenvalue weighted by Crippen LogP contribution is -2.17. The third-order valence-corrected chi connectivity index (χ3v) is 4.77. The summed E-state index contributed by atoms with van der Waals surface area (Å²) in [7, 11) is 0. The Bertz CT molecular complexity index is 1010. The van der Waals surface area contributed by atoms with Crippen molar-refractivity contribution in [2.45, 2.75) is 26.1 Å². The van der Waals surface area contributed by atoms with E-state index in [9.17, 15) is 27.5 Å². The SMILES string of the molecule is Cc1sc2nc(Cc3cccc(C(F)(F)F)c3F)cc(=O)n2c1CO. The maximum atomic E-state index is 14.1. The number of aliphatic hydroxyl groups is 1. The second-order valence-electron chi connectivity index (χ2n) is 5.42. The highest BCUT2D eigenvalue weighted by Gasteiger charge is 2.34. The zero-order chi connectivity index (χ0) is 18.4. The summed E-state index contributed by atoms with van der Waals surface area (Å²) in [6.07, 6.45) is -5.04. The van der Waals surface area contributed by atoms with E-state index in [2.05, 4.69) is 4.98 Å². The van der Waals surface area contributed by atoms with E-state index in [1.165, 1.54) is 21.8 Å². The highest BCUT2D eigenvalue weighted by Crippen LogP contribution is 2.32. The van der Waals surface area contributed by atoms with Gasteiger partial charge in [-0.25, -0.2) is 9.37 Å². The van der Waals surface area contributed by atoms with Crippen LogP contribution in [0, 0.1) is 12.7 Å². The number of alkyl halides is 3. The molecule has 0 aliphatic carbocycles. The Balaban J connectivity index is 2.07. The highest BCUT2D eigenvalue weighted by atomic mass is 32.1. The summed E-state index contributed by atoms with van der Waals surface area (Å²) in [5.74, 6) is -1.37. The Morgan fingerprint density at radius 1 is 1.32 bits per heavy atom. The molecule has 0 saturated heterocycles. The molecule has 0 unspecified atom stereocenters. The van der Waals surface area contributed by atoms with Crippen LogP contribution >= 0.6 is 11.3 Å². The number of nitrogens with zero attached hydrogens (tertiary/aromatic N) is 2. The van der Waals surface area contributed by atoms with E-state index in [1.807, 2.05) is 0 Å². The van der Waals surface area contributed by atoms with Crippen molar-refractivity contribution >= 4 is 16.3 Å². The molecule has 0 spiro atoms. The first-order chi connectivity index (χ1) is 11.7. The second-order valence-corrected chi connectivity index (χ2v) is 6.60. The summed E-state index contributed by atoms with van der Waals surface area (Å²) < 4.78 is 53.8. The summed E-state index contributed by atoms with van der Waals surface area (Å²) in [6.45, 7) is 1.38. The van der Waals surface area contributed by atoms with Crippen LogP contribution in [0.25, 0.3) is 4.96 Å². The molecule has 132 valence electrons. The van der Waals surface area contributed by atoms with Crippen LogP contribution in [0.3, 0.4) is 0 Å². The second kappa shape index (κ2) is 6.23. The molecule has 0 bridgehead atoms. The zero-order valence-corrected chi connectivity index (χ0v) is 13.7. The molecule has 0 atom stereocenters. The number of benzene rings is 1. The molecule has 0 amide bonds. The molecule has 3 aromatic rings. The van der Waals surface area contributed by atoms with Crippen LogP contribution in [0.15, 0.2) is 29.1 Å². The van der Waals surface area contributed by atoms with Crippen LogP contribution < -0.4 is 5.56 Å². The number of aryl methyl sites for hydroxylation is 1. The predicted octanol–water partition coefficient (Wildman–Crippen LogP) is 3.31. The lowest BCUT2D eigenvalue weighted by atomic mass is 10.0. The smallest absolute Gasteiger partial charge is 0.390 e. The highest BCUT2D eigenvalue weighted by molar-refractivity contribution is 7.17. The van der Waals surface area contributed by atoms with E-state index in [0.29, 0.717) is 21.6 Å². The van der Waals surface area contributed by atoms with Gasteiger partial charge in [0.2, 0.25) is 0 Å². The first kappa shape index (κ1) is 17.6. The molecule has 0 aliphatic rings. The van der Waals surface area contributed by atoms with Gasteiger partial charge in [0.1, 0.15) is 5.82 Å². The maximum Gasteiger partial charge on any atom is 0.419 e. The molecular formula is C16H12F4N2O2S. The number of aromatic nitrogens is 2. The average Bonchev–Trinajstić information content (AvgIpc) is 2.84. The number of aliphatic hydroxyl groups excluding tert-OH is 1. The molecule has 4 nitrogen and oxygen atoms in total. The predicted molar refractivity (Wildman–Crippen MR) is 84.2 cm³/mol. The largest absolute Gasteiger partial charge is 0.419 e. The Kier molecular flexibility index (Phi) is 4.38. The molecule has 1 aromatic carbocycles. The number of hydrogen-bond donors (Lipinski definition) is 1. The van der Waals surface area contributed by atoms with Crippen LogP contribution in [-0.2, 0) is 19.2 Å². The Morgan fingerprint density at radius 2 is 2.04 bits per heavy atom. The Hall–Kier alpha value is -2.26. The number of halogens is 4. The van der Waals surface area contributed by atoms with Crippen molar-refractivity contribution in [3.63, 3.8) is 0 Å². The molecular weight excluding hydrogens is 360 g/mol. The fraction of sp³-hybridized carbons (Fsp3) is 0.250. The van der Waals surface area contributed by atoms with Crippen LogP contribution in [0.1, 0.15) is 27.4 Å². The van der Waals surface area contributed by atoms with Gasteiger partial charge in [-0.05, 0) is 18.6 Å². The van der Waals surface area contributed by atoms with Crippen LogP contribution in [0.2, 0.25) is 0 Å². The van der Waals surface area contributed by atoms with Crippen LogP contribution in [0.5, 0.6) is 0 Å². The summed E-state index contributed by atoms with van der Waals surface area (Å²) >= 11 is 1.17. The quantitative estimate of drug-likeness (QED) is 0.718. The van der Waals surface area contributed by atoms with Gasteiger partial charge < -0.3 is 5.11 Å². The molecule has 2 aromatic heterocycles. The van der Waals surface area contributed by atoms with Gasteiger partial charge in [-0.3, -0.25) is 9.20 Å². The average molecular weight is 372 g/mol. The van der Waals surface area contributed by atoms with Gasteiger partial charge in [-0.1, -0.05) is 12.1 Å². The Morgan fingerprint density at radius 3 is 2.68 bits per heavy atom. The topological polar surface area (TPSA) is 54.6 Å². The van der Waals surface area contributed by atoms with Gasteiger partial charge in [0, 0.05) is 17.4 Å². The first-order valence-electron chi connectivity index (χ1n) is 7.18. The lowest BCUT2D eigenvalue weighted by molar-refractivity contribution is -0.140. The van der Waals surface area contributed by atoms with Crippen molar-refractivity contribution in [3.05, 3.63) is 67.8 Å². The minimum absolute atomic E-state index is 0.161. The summed E-state index contributed by atoms with van der Waals surface area (Å²) in [5, 5.41) is 9.34. The normalized spacial score (nSPS) is 12.1. The van der Waals surface area contributed by atoms with Crippen molar-refractivity contribution in [1.29, 1.82) is 0 Å². The van der Waals surface area contributed by atoms with Crippen LogP contribution in [-0.4, -0.2) is 14.5 Å². The van der Waals surface area contributed by atoms with Crippen molar-refractivity contribution in [3.8, 4) is 0 Å². The molecule has 0 radical (unpaired) electrons. The number of hydrogen-bond acceptors (Lipinski definition) is 4. The van der Waals surface area contributed by atoms with Crippen molar-refractivity contribution in [2.24, 2.45) is 0 Å². The van der Waals surface area contributed by atoms with Gasteiger partial charge in [0.25, 0.3) is 5.56 Å². The van der Waals surface area contributed by atoms with Gasteiger partial charge in [-0.2, -0.15) is 13.2 Å².